The molecule has 0 saturated carbocycles. The predicted molar refractivity (Wildman–Crippen MR) is 44.0 cm³/mol. The number of aryl methyl sites for hydroxylation is 1. The van der Waals surface area contributed by atoms with E-state index < -0.39 is 0 Å². The fourth-order valence-electron chi connectivity index (χ4n) is 0.905. The van der Waals surface area contributed by atoms with Gasteiger partial charge >= 0.3 is 5.88 Å². The number of aromatic hydroxyl groups is 1. The van der Waals surface area contributed by atoms with Crippen LogP contribution in [0.5, 0.6) is 5.88 Å². The fraction of sp³-hybridized carbons (Fsp3) is 0.222. The highest BCUT2D eigenvalue weighted by Gasteiger charge is 2.08. The fourth-order valence-corrected chi connectivity index (χ4v) is 0.905. The normalized spacial score (nSPS) is 9.64. The molecule has 0 saturated heterocycles. The molecule has 0 radical (unpaired) electrons. The topological polar surface area (TPSA) is 24.1 Å². The molecule has 58 valence electrons. The third-order valence-corrected chi connectivity index (χ3v) is 1.49. The zero-order valence-corrected chi connectivity index (χ0v) is 6.83. The number of hydrogen-bond donors (Lipinski definition) is 1. The van der Waals surface area contributed by atoms with E-state index in [9.17, 15) is 5.11 Å². The molecule has 2 heteroatoms. The highest BCUT2D eigenvalue weighted by atomic mass is 16.3. The first-order chi connectivity index (χ1) is 5.11. The van der Waals surface area contributed by atoms with Gasteiger partial charge < -0.3 is 5.11 Å². The monoisotopic (exact) mass is 150 g/mol. The largest absolute Gasteiger partial charge is 0.460 e. The molecule has 1 N–H and O–H groups in total. The Kier molecular flexibility index (Phi) is 1.94. The standard InChI is InChI=1S/C9H11NO/c1-7(2)10-6-8(3)4-5-9(10)11/h4-6H,1H2,2-3H3/p+1. The smallest absolute Gasteiger partial charge is 0.370 e. The first-order valence-corrected chi connectivity index (χ1v) is 3.48. The van der Waals surface area contributed by atoms with Gasteiger partial charge in [0.25, 0.3) is 0 Å². The summed E-state index contributed by atoms with van der Waals surface area (Å²) < 4.78 is 1.65. The average molecular weight is 150 g/mol. The van der Waals surface area contributed by atoms with Gasteiger partial charge in [0.2, 0.25) is 0 Å². The molecule has 0 amide bonds. The Morgan fingerprint density at radius 1 is 1.55 bits per heavy atom. The second-order valence-electron chi connectivity index (χ2n) is 2.67. The van der Waals surface area contributed by atoms with Gasteiger partial charge in [-0.3, -0.25) is 0 Å². The summed E-state index contributed by atoms with van der Waals surface area (Å²) in [6.07, 6.45) is 1.84. The molecule has 1 heterocycles. The summed E-state index contributed by atoms with van der Waals surface area (Å²) in [6.45, 7) is 7.55. The summed E-state index contributed by atoms with van der Waals surface area (Å²) in [6, 6.07) is 3.51. The van der Waals surface area contributed by atoms with Gasteiger partial charge in [-0.1, -0.05) is 0 Å². The van der Waals surface area contributed by atoms with E-state index in [4.69, 9.17) is 0 Å². The van der Waals surface area contributed by atoms with Crippen molar-refractivity contribution >= 4 is 5.70 Å². The lowest BCUT2D eigenvalue weighted by molar-refractivity contribution is -0.590. The van der Waals surface area contributed by atoms with Gasteiger partial charge in [-0.25, -0.2) is 0 Å². The van der Waals surface area contributed by atoms with E-state index in [1.165, 1.54) is 0 Å². The minimum absolute atomic E-state index is 0.225. The van der Waals surface area contributed by atoms with Crippen LogP contribution in [0.3, 0.4) is 0 Å². The average Bonchev–Trinajstić information content (AvgIpc) is 1.94. The van der Waals surface area contributed by atoms with Crippen LogP contribution in [0.25, 0.3) is 5.70 Å². The maximum Gasteiger partial charge on any atom is 0.370 e. The van der Waals surface area contributed by atoms with E-state index in [0.717, 1.165) is 11.3 Å². The third kappa shape index (κ3) is 1.58. The van der Waals surface area contributed by atoms with Gasteiger partial charge in [0.1, 0.15) is 0 Å². The SMILES string of the molecule is C=C(C)[n+]1cc(C)ccc1O. The van der Waals surface area contributed by atoms with Crippen LogP contribution in [-0.2, 0) is 0 Å². The minimum atomic E-state index is 0.225. The van der Waals surface area contributed by atoms with E-state index in [2.05, 4.69) is 6.58 Å². The molecule has 11 heavy (non-hydrogen) atoms. The van der Waals surface area contributed by atoms with Gasteiger partial charge in [0.15, 0.2) is 11.9 Å². The number of nitrogens with zero attached hydrogens (tertiary/aromatic N) is 1. The maximum atomic E-state index is 9.31. The Morgan fingerprint density at radius 3 is 2.64 bits per heavy atom. The van der Waals surface area contributed by atoms with Crippen LogP contribution in [0.4, 0.5) is 0 Å². The molecule has 0 aromatic carbocycles. The molecule has 0 atom stereocenters. The Morgan fingerprint density at radius 2 is 2.18 bits per heavy atom. The predicted octanol–water partition coefficient (Wildman–Crippen LogP) is 1.48. The van der Waals surface area contributed by atoms with Crippen molar-refractivity contribution in [2.75, 3.05) is 0 Å². The van der Waals surface area contributed by atoms with Crippen molar-refractivity contribution in [1.29, 1.82) is 0 Å². The van der Waals surface area contributed by atoms with Crippen LogP contribution in [-0.4, -0.2) is 5.11 Å². The van der Waals surface area contributed by atoms with Crippen molar-refractivity contribution in [3.63, 3.8) is 0 Å². The molecule has 0 unspecified atom stereocenters. The van der Waals surface area contributed by atoms with Gasteiger partial charge in [-0.2, -0.15) is 0 Å². The molecular weight excluding hydrogens is 138 g/mol. The third-order valence-electron chi connectivity index (χ3n) is 1.49. The van der Waals surface area contributed by atoms with Crippen molar-refractivity contribution in [2.45, 2.75) is 13.8 Å². The van der Waals surface area contributed by atoms with E-state index >= 15 is 0 Å². The lowest BCUT2D eigenvalue weighted by Crippen LogP contribution is -2.30. The van der Waals surface area contributed by atoms with Crippen LogP contribution in [0.15, 0.2) is 24.9 Å². The summed E-state index contributed by atoms with van der Waals surface area (Å²) in [5, 5.41) is 9.31. The second kappa shape index (κ2) is 2.74. The Hall–Kier alpha value is -1.31. The number of rotatable bonds is 1. The first-order valence-electron chi connectivity index (χ1n) is 3.48. The summed E-state index contributed by atoms with van der Waals surface area (Å²) in [5.74, 6) is 0.225. The lowest BCUT2D eigenvalue weighted by Gasteiger charge is -1.96. The van der Waals surface area contributed by atoms with E-state index in [0.29, 0.717) is 0 Å². The first kappa shape index (κ1) is 7.79. The van der Waals surface area contributed by atoms with Crippen molar-refractivity contribution < 1.29 is 9.67 Å². The molecule has 1 rings (SSSR count). The molecule has 0 aliphatic heterocycles. The van der Waals surface area contributed by atoms with Crippen molar-refractivity contribution in [1.82, 2.24) is 0 Å². The second-order valence-corrected chi connectivity index (χ2v) is 2.67. The van der Waals surface area contributed by atoms with Crippen molar-refractivity contribution in [3.05, 3.63) is 30.5 Å². The van der Waals surface area contributed by atoms with Gasteiger partial charge in [-0.15, -0.1) is 4.57 Å². The summed E-state index contributed by atoms with van der Waals surface area (Å²) in [5.41, 5.74) is 1.91. The number of aromatic nitrogens is 1. The highest BCUT2D eigenvalue weighted by molar-refractivity contribution is 5.25. The summed E-state index contributed by atoms with van der Waals surface area (Å²) in [4.78, 5) is 0. The van der Waals surface area contributed by atoms with Crippen LogP contribution < -0.4 is 4.57 Å². The molecule has 0 aliphatic carbocycles. The molecule has 1 aromatic heterocycles. The zero-order chi connectivity index (χ0) is 8.43. The van der Waals surface area contributed by atoms with E-state index in [1.54, 1.807) is 10.6 Å². The minimum Gasteiger partial charge on any atom is -0.460 e. The number of allylic oxidation sites excluding steroid dienone is 1. The lowest BCUT2D eigenvalue weighted by atomic mass is 10.3. The van der Waals surface area contributed by atoms with E-state index in [-0.39, 0.29) is 5.88 Å². The zero-order valence-electron chi connectivity index (χ0n) is 6.83. The van der Waals surface area contributed by atoms with Crippen molar-refractivity contribution in [2.24, 2.45) is 0 Å². The van der Waals surface area contributed by atoms with Gasteiger partial charge in [0.05, 0.1) is 6.07 Å². The van der Waals surface area contributed by atoms with Crippen LogP contribution in [0.2, 0.25) is 0 Å². The maximum absolute atomic E-state index is 9.31. The molecule has 0 aliphatic rings. The Labute approximate surface area is 66.4 Å². The van der Waals surface area contributed by atoms with Gasteiger partial charge in [0, 0.05) is 12.5 Å². The molecule has 0 bridgehead atoms. The quantitative estimate of drug-likeness (QED) is 0.602. The van der Waals surface area contributed by atoms with Crippen LogP contribution in [0, 0.1) is 6.92 Å². The van der Waals surface area contributed by atoms with Gasteiger partial charge in [-0.05, 0) is 19.6 Å². The van der Waals surface area contributed by atoms with Crippen LogP contribution >= 0.6 is 0 Å². The molecule has 1 aromatic rings. The molecular formula is C9H12NO+. The highest BCUT2D eigenvalue weighted by Crippen LogP contribution is 2.04. The Balaban J connectivity index is 3.23. The molecule has 0 spiro atoms. The molecule has 2 nitrogen and oxygen atoms in total. The Bertz CT molecular complexity index is 292. The summed E-state index contributed by atoms with van der Waals surface area (Å²) in [7, 11) is 0. The van der Waals surface area contributed by atoms with E-state index in [1.807, 2.05) is 26.1 Å². The molecule has 0 fully saturated rings. The summed E-state index contributed by atoms with van der Waals surface area (Å²) >= 11 is 0. The number of hydrogen-bond acceptors (Lipinski definition) is 1. The number of pyridine rings is 1. The van der Waals surface area contributed by atoms with Crippen LogP contribution in [0.1, 0.15) is 12.5 Å². The van der Waals surface area contributed by atoms with Crippen molar-refractivity contribution in [3.8, 4) is 5.88 Å².